The van der Waals surface area contributed by atoms with Crippen LogP contribution in [-0.4, -0.2) is 27.8 Å². The van der Waals surface area contributed by atoms with Gasteiger partial charge in [-0.1, -0.05) is 55.4 Å². The number of aromatic nitrogens is 2. The van der Waals surface area contributed by atoms with Crippen molar-refractivity contribution < 1.29 is 4.79 Å². The molecule has 6 nitrogen and oxygen atoms in total. The maximum Gasteiger partial charge on any atom is 0.262 e. The van der Waals surface area contributed by atoms with Gasteiger partial charge in [-0.05, 0) is 30.7 Å². The van der Waals surface area contributed by atoms with Crippen LogP contribution in [-0.2, 0) is 11.3 Å². The van der Waals surface area contributed by atoms with E-state index in [9.17, 15) is 9.59 Å². The fraction of sp³-hybridized carbons (Fsp3) is 0.273. The van der Waals surface area contributed by atoms with Gasteiger partial charge in [-0.3, -0.25) is 19.1 Å². The molecule has 0 atom stereocenters. The Morgan fingerprint density at radius 2 is 1.90 bits per heavy atom. The van der Waals surface area contributed by atoms with Gasteiger partial charge in [0.1, 0.15) is 6.54 Å². The summed E-state index contributed by atoms with van der Waals surface area (Å²) in [6.07, 6.45) is 1.80. The molecule has 3 rings (SSSR count). The number of thioether (sulfide) groups is 1. The second kappa shape index (κ2) is 9.89. The Morgan fingerprint density at radius 3 is 2.62 bits per heavy atom. The normalized spacial score (nSPS) is 10.6. The summed E-state index contributed by atoms with van der Waals surface area (Å²) in [7, 11) is 0. The Kier molecular flexibility index (Phi) is 7.04. The van der Waals surface area contributed by atoms with E-state index in [0.717, 1.165) is 12.8 Å². The highest BCUT2D eigenvalue weighted by molar-refractivity contribution is 7.99. The number of fused-ring (bicyclic) bond motifs is 1. The predicted molar refractivity (Wildman–Crippen MR) is 116 cm³/mol. The minimum Gasteiger partial charge on any atom is -0.298 e. The molecule has 148 valence electrons. The zero-order valence-electron chi connectivity index (χ0n) is 16.2. The fourth-order valence-electron chi connectivity index (χ4n) is 2.98. The molecule has 2 aromatic carbocycles. The van der Waals surface area contributed by atoms with E-state index in [1.807, 2.05) is 36.4 Å². The molecule has 1 heterocycles. The van der Waals surface area contributed by atoms with Crippen LogP contribution in [0.25, 0.3) is 10.9 Å². The summed E-state index contributed by atoms with van der Waals surface area (Å²) in [4.78, 5) is 31.8. The molecule has 0 fully saturated rings. The van der Waals surface area contributed by atoms with E-state index in [0.29, 0.717) is 28.3 Å². The number of anilines is 1. The van der Waals surface area contributed by atoms with Crippen molar-refractivity contribution in [3.05, 3.63) is 65.0 Å². The molecular formula is C22H22N4O2S. The Hall–Kier alpha value is -3.11. The van der Waals surface area contributed by atoms with Crippen molar-refractivity contribution in [1.29, 1.82) is 5.26 Å². The van der Waals surface area contributed by atoms with Crippen molar-refractivity contribution in [3.63, 3.8) is 0 Å². The molecule has 29 heavy (non-hydrogen) atoms. The number of carbonyl (C=O) groups excluding carboxylic acids is 1. The Balaban J connectivity index is 1.87. The lowest BCUT2D eigenvalue weighted by atomic mass is 10.2. The summed E-state index contributed by atoms with van der Waals surface area (Å²) in [5.74, 6) is -0.111. The van der Waals surface area contributed by atoms with Crippen LogP contribution in [0, 0.1) is 11.3 Å². The molecule has 0 aliphatic carbocycles. The molecule has 0 aliphatic rings. The number of rotatable bonds is 8. The van der Waals surface area contributed by atoms with Crippen molar-refractivity contribution >= 4 is 34.3 Å². The first-order chi connectivity index (χ1) is 14.2. The van der Waals surface area contributed by atoms with E-state index in [1.165, 1.54) is 16.7 Å². The van der Waals surface area contributed by atoms with Crippen LogP contribution in [0.5, 0.6) is 0 Å². The third kappa shape index (κ3) is 4.84. The second-order valence-corrected chi connectivity index (χ2v) is 7.43. The number of nitrogens with zero attached hydrogens (tertiary/aromatic N) is 4. The molecule has 1 aromatic heterocycles. The number of amides is 1. The second-order valence-electron chi connectivity index (χ2n) is 6.48. The van der Waals surface area contributed by atoms with E-state index in [1.54, 1.807) is 28.8 Å². The molecular weight excluding hydrogens is 384 g/mol. The highest BCUT2D eigenvalue weighted by Gasteiger charge is 2.18. The predicted octanol–water partition coefficient (Wildman–Crippen LogP) is 3.85. The first-order valence-corrected chi connectivity index (χ1v) is 10.5. The van der Waals surface area contributed by atoms with Gasteiger partial charge >= 0.3 is 0 Å². The minimum atomic E-state index is -0.202. The molecule has 0 saturated carbocycles. The van der Waals surface area contributed by atoms with Crippen LogP contribution in [0.2, 0.25) is 0 Å². The molecule has 0 bridgehead atoms. The van der Waals surface area contributed by atoms with Gasteiger partial charge in [0.05, 0.1) is 22.7 Å². The zero-order chi connectivity index (χ0) is 20.6. The number of benzene rings is 2. The van der Waals surface area contributed by atoms with Crippen LogP contribution in [0.3, 0.4) is 0 Å². The van der Waals surface area contributed by atoms with Gasteiger partial charge in [-0.15, -0.1) is 0 Å². The third-order valence-corrected chi connectivity index (χ3v) is 5.45. The van der Waals surface area contributed by atoms with Crippen molar-refractivity contribution in [3.8, 4) is 6.07 Å². The maximum absolute atomic E-state index is 12.9. The van der Waals surface area contributed by atoms with Gasteiger partial charge in [0.2, 0.25) is 5.91 Å². The molecule has 3 aromatic rings. The van der Waals surface area contributed by atoms with E-state index in [-0.39, 0.29) is 23.8 Å². The molecule has 7 heteroatoms. The first-order valence-electron chi connectivity index (χ1n) is 9.50. The average molecular weight is 407 g/mol. The van der Waals surface area contributed by atoms with Gasteiger partial charge in [0, 0.05) is 12.2 Å². The maximum atomic E-state index is 12.9. The first kappa shape index (κ1) is 20.6. The van der Waals surface area contributed by atoms with Crippen LogP contribution in [0.15, 0.2) is 64.5 Å². The number of hydrogen-bond donors (Lipinski definition) is 0. The molecule has 0 radical (unpaired) electrons. The summed E-state index contributed by atoms with van der Waals surface area (Å²) in [6.45, 7) is 2.59. The smallest absolute Gasteiger partial charge is 0.262 e. The summed E-state index contributed by atoms with van der Waals surface area (Å²) in [5.41, 5.74) is 1.21. The Morgan fingerprint density at radius 1 is 1.17 bits per heavy atom. The van der Waals surface area contributed by atoms with Crippen LogP contribution in [0.1, 0.15) is 19.8 Å². The fourth-order valence-corrected chi connectivity index (χ4v) is 3.88. The standard InChI is InChI=1S/C22H22N4O2S/c1-2-3-14-26-21(28)18-11-7-8-12-19(18)24-22(26)29-16-20(27)25(15-13-23)17-9-5-4-6-10-17/h4-12H,2-3,14-16H2,1H3. The van der Waals surface area contributed by atoms with Crippen molar-refractivity contribution in [1.82, 2.24) is 9.55 Å². The lowest BCUT2D eigenvalue weighted by Gasteiger charge is -2.20. The summed E-state index contributed by atoms with van der Waals surface area (Å²) < 4.78 is 1.65. The topological polar surface area (TPSA) is 79.0 Å². The van der Waals surface area contributed by atoms with Gasteiger partial charge in [0.25, 0.3) is 5.56 Å². The monoisotopic (exact) mass is 406 g/mol. The Bertz CT molecular complexity index is 1090. The highest BCUT2D eigenvalue weighted by atomic mass is 32.2. The van der Waals surface area contributed by atoms with Gasteiger partial charge < -0.3 is 0 Å². The van der Waals surface area contributed by atoms with Gasteiger partial charge in [-0.2, -0.15) is 5.26 Å². The number of hydrogen-bond acceptors (Lipinski definition) is 5. The van der Waals surface area contributed by atoms with E-state index in [4.69, 9.17) is 5.26 Å². The van der Waals surface area contributed by atoms with E-state index >= 15 is 0 Å². The summed E-state index contributed by atoms with van der Waals surface area (Å²) in [5, 5.41) is 10.2. The number of para-hydroxylation sites is 2. The number of unbranched alkanes of at least 4 members (excludes halogenated alkanes) is 1. The number of nitriles is 1. The SMILES string of the molecule is CCCCn1c(SCC(=O)N(CC#N)c2ccccc2)nc2ccccc2c1=O. The summed E-state index contributed by atoms with van der Waals surface area (Å²) >= 11 is 1.23. The van der Waals surface area contributed by atoms with E-state index in [2.05, 4.69) is 11.9 Å². The zero-order valence-corrected chi connectivity index (χ0v) is 17.1. The third-order valence-electron chi connectivity index (χ3n) is 4.48. The van der Waals surface area contributed by atoms with Gasteiger partial charge in [0.15, 0.2) is 5.16 Å². The molecule has 0 unspecified atom stereocenters. The average Bonchev–Trinajstić information content (AvgIpc) is 2.76. The van der Waals surface area contributed by atoms with Crippen molar-refractivity contribution in [2.45, 2.75) is 31.5 Å². The molecule has 0 N–H and O–H groups in total. The molecule has 0 spiro atoms. The minimum absolute atomic E-state index is 0.0306. The highest BCUT2D eigenvalue weighted by Crippen LogP contribution is 2.21. The van der Waals surface area contributed by atoms with Gasteiger partial charge in [-0.25, -0.2) is 4.98 Å². The Labute approximate surface area is 173 Å². The van der Waals surface area contributed by atoms with Crippen LogP contribution in [0.4, 0.5) is 5.69 Å². The van der Waals surface area contributed by atoms with Crippen molar-refractivity contribution in [2.75, 3.05) is 17.2 Å². The quantitative estimate of drug-likeness (QED) is 0.323. The van der Waals surface area contributed by atoms with Crippen LogP contribution < -0.4 is 10.5 Å². The lowest BCUT2D eigenvalue weighted by Crippen LogP contribution is -2.33. The summed E-state index contributed by atoms with van der Waals surface area (Å²) in [6, 6.07) is 18.4. The molecule has 1 amide bonds. The number of carbonyl (C=O) groups is 1. The van der Waals surface area contributed by atoms with Crippen LogP contribution >= 0.6 is 11.8 Å². The van der Waals surface area contributed by atoms with E-state index < -0.39 is 0 Å². The molecule has 0 saturated heterocycles. The largest absolute Gasteiger partial charge is 0.298 e. The molecule has 0 aliphatic heterocycles. The lowest BCUT2D eigenvalue weighted by molar-refractivity contribution is -0.116. The van der Waals surface area contributed by atoms with Crippen molar-refractivity contribution in [2.24, 2.45) is 0 Å².